The van der Waals surface area contributed by atoms with E-state index in [2.05, 4.69) is 21.4 Å². The van der Waals surface area contributed by atoms with Gasteiger partial charge in [-0.15, -0.1) is 0 Å². The van der Waals surface area contributed by atoms with Gasteiger partial charge in [0.05, 0.1) is 7.11 Å². The van der Waals surface area contributed by atoms with E-state index in [9.17, 15) is 4.79 Å². The van der Waals surface area contributed by atoms with Crippen molar-refractivity contribution in [2.24, 2.45) is 0 Å². The molecule has 0 fully saturated rings. The number of anilines is 1. The standard InChI is InChI=1S/C24H23N3O3/c1-29-22-8-7-19(14-23(22)30-16-17-10-12-25-13-11-17)27-24(28)9-6-18-15-26-21-5-3-2-4-20(18)21/h2-5,7-8,10-15,26H,6,9,16H2,1H3,(H,27,28). The smallest absolute Gasteiger partial charge is 0.224 e. The molecule has 152 valence electrons. The Bertz CT molecular complexity index is 1140. The molecule has 0 radical (unpaired) electrons. The number of aromatic nitrogens is 2. The number of aromatic amines is 1. The minimum Gasteiger partial charge on any atom is -0.493 e. The van der Waals surface area contributed by atoms with E-state index in [1.165, 1.54) is 0 Å². The molecule has 0 saturated heterocycles. The van der Waals surface area contributed by atoms with Crippen molar-refractivity contribution < 1.29 is 14.3 Å². The molecule has 0 bridgehead atoms. The molecular weight excluding hydrogens is 378 g/mol. The van der Waals surface area contributed by atoms with Crippen molar-refractivity contribution in [3.05, 3.63) is 84.3 Å². The second-order valence-electron chi connectivity index (χ2n) is 6.92. The normalized spacial score (nSPS) is 10.7. The van der Waals surface area contributed by atoms with Crippen molar-refractivity contribution in [2.75, 3.05) is 12.4 Å². The molecule has 30 heavy (non-hydrogen) atoms. The third-order valence-electron chi connectivity index (χ3n) is 4.89. The monoisotopic (exact) mass is 401 g/mol. The van der Waals surface area contributed by atoms with Crippen LogP contribution in [0, 0.1) is 0 Å². The van der Waals surface area contributed by atoms with Gasteiger partial charge in [0, 0.05) is 47.7 Å². The third-order valence-corrected chi connectivity index (χ3v) is 4.89. The largest absolute Gasteiger partial charge is 0.493 e. The van der Waals surface area contributed by atoms with Gasteiger partial charge in [0.25, 0.3) is 0 Å². The lowest BCUT2D eigenvalue weighted by atomic mass is 10.1. The van der Waals surface area contributed by atoms with Gasteiger partial charge in [0.1, 0.15) is 6.61 Å². The van der Waals surface area contributed by atoms with Crippen LogP contribution in [0.3, 0.4) is 0 Å². The number of H-pyrrole nitrogens is 1. The van der Waals surface area contributed by atoms with Crippen molar-refractivity contribution in [1.29, 1.82) is 0 Å². The van der Waals surface area contributed by atoms with Crippen LogP contribution in [0.2, 0.25) is 0 Å². The molecule has 2 N–H and O–H groups in total. The molecule has 4 aromatic rings. The first-order chi connectivity index (χ1) is 14.7. The molecule has 0 aliphatic rings. The van der Waals surface area contributed by atoms with Crippen LogP contribution < -0.4 is 14.8 Å². The summed E-state index contributed by atoms with van der Waals surface area (Å²) in [4.78, 5) is 19.7. The SMILES string of the molecule is COc1ccc(NC(=O)CCc2c[nH]c3ccccc23)cc1OCc1ccncc1. The number of para-hydroxylation sites is 1. The van der Waals surface area contributed by atoms with Gasteiger partial charge in [-0.1, -0.05) is 18.2 Å². The Kier molecular flexibility index (Phi) is 5.94. The lowest BCUT2D eigenvalue weighted by Crippen LogP contribution is -2.12. The fraction of sp³-hybridized carbons (Fsp3) is 0.167. The van der Waals surface area contributed by atoms with Crippen LogP contribution >= 0.6 is 0 Å². The molecule has 4 rings (SSSR count). The number of rotatable bonds is 8. The molecule has 6 heteroatoms. The van der Waals surface area contributed by atoms with Crippen molar-refractivity contribution in [3.8, 4) is 11.5 Å². The molecule has 0 spiro atoms. The molecule has 0 aliphatic heterocycles. The predicted octanol–water partition coefficient (Wildman–Crippen LogP) is 4.72. The van der Waals surface area contributed by atoms with Crippen LogP contribution in [-0.2, 0) is 17.8 Å². The van der Waals surface area contributed by atoms with Crippen LogP contribution in [0.25, 0.3) is 10.9 Å². The Morgan fingerprint density at radius 3 is 2.73 bits per heavy atom. The zero-order valence-corrected chi connectivity index (χ0v) is 16.7. The highest BCUT2D eigenvalue weighted by molar-refractivity contribution is 5.92. The first kappa shape index (κ1) is 19.5. The number of benzene rings is 2. The van der Waals surface area contributed by atoms with E-state index in [0.717, 1.165) is 22.0 Å². The van der Waals surface area contributed by atoms with Gasteiger partial charge in [0.2, 0.25) is 5.91 Å². The number of nitrogens with one attached hydrogen (secondary N) is 2. The lowest BCUT2D eigenvalue weighted by molar-refractivity contribution is -0.116. The van der Waals surface area contributed by atoms with Gasteiger partial charge in [0.15, 0.2) is 11.5 Å². The van der Waals surface area contributed by atoms with E-state index in [1.807, 2.05) is 42.6 Å². The number of pyridine rings is 1. The van der Waals surface area contributed by atoms with Crippen LogP contribution in [0.4, 0.5) is 5.69 Å². The van der Waals surface area contributed by atoms with Crippen molar-refractivity contribution in [1.82, 2.24) is 9.97 Å². The van der Waals surface area contributed by atoms with Crippen LogP contribution in [0.5, 0.6) is 11.5 Å². The average molecular weight is 401 g/mol. The molecule has 2 aromatic heterocycles. The predicted molar refractivity (Wildman–Crippen MR) is 117 cm³/mol. The highest BCUT2D eigenvalue weighted by atomic mass is 16.5. The van der Waals surface area contributed by atoms with Gasteiger partial charge in [-0.25, -0.2) is 0 Å². The second-order valence-corrected chi connectivity index (χ2v) is 6.92. The number of methoxy groups -OCH3 is 1. The molecule has 0 unspecified atom stereocenters. The molecule has 0 saturated carbocycles. The summed E-state index contributed by atoms with van der Waals surface area (Å²) in [6.07, 6.45) is 6.47. The number of nitrogens with zero attached hydrogens (tertiary/aromatic N) is 1. The second kappa shape index (κ2) is 9.13. The number of ether oxygens (including phenoxy) is 2. The van der Waals surface area contributed by atoms with Gasteiger partial charge in [-0.3, -0.25) is 9.78 Å². The van der Waals surface area contributed by atoms with E-state index in [0.29, 0.717) is 36.6 Å². The number of carbonyl (C=O) groups excluding carboxylic acids is 1. The third kappa shape index (κ3) is 4.60. The minimum atomic E-state index is -0.0504. The molecule has 2 heterocycles. The Balaban J connectivity index is 1.39. The highest BCUT2D eigenvalue weighted by Gasteiger charge is 2.10. The average Bonchev–Trinajstić information content (AvgIpc) is 3.20. The summed E-state index contributed by atoms with van der Waals surface area (Å²) in [5, 5.41) is 4.10. The quantitative estimate of drug-likeness (QED) is 0.448. The molecule has 0 atom stereocenters. The number of carbonyl (C=O) groups is 1. The summed E-state index contributed by atoms with van der Waals surface area (Å²) >= 11 is 0. The van der Waals surface area contributed by atoms with E-state index in [-0.39, 0.29) is 5.91 Å². The van der Waals surface area contributed by atoms with Crippen molar-refractivity contribution in [2.45, 2.75) is 19.4 Å². The number of hydrogen-bond donors (Lipinski definition) is 2. The van der Waals surface area contributed by atoms with Crippen molar-refractivity contribution in [3.63, 3.8) is 0 Å². The van der Waals surface area contributed by atoms with Crippen LogP contribution in [-0.4, -0.2) is 23.0 Å². The Labute approximate surface area is 174 Å². The first-order valence-electron chi connectivity index (χ1n) is 9.77. The summed E-state index contributed by atoms with van der Waals surface area (Å²) < 4.78 is 11.3. The number of hydrogen-bond acceptors (Lipinski definition) is 4. The summed E-state index contributed by atoms with van der Waals surface area (Å²) in [5.74, 6) is 1.13. The van der Waals surface area contributed by atoms with Gasteiger partial charge in [-0.05, 0) is 47.9 Å². The Morgan fingerprint density at radius 2 is 1.90 bits per heavy atom. The van der Waals surface area contributed by atoms with Crippen LogP contribution in [0.15, 0.2) is 73.2 Å². The first-order valence-corrected chi connectivity index (χ1v) is 9.77. The molecular formula is C24H23N3O3. The topological polar surface area (TPSA) is 76.2 Å². The minimum absolute atomic E-state index is 0.0504. The molecule has 2 aromatic carbocycles. The number of fused-ring (bicyclic) bond motifs is 1. The zero-order chi connectivity index (χ0) is 20.8. The fourth-order valence-electron chi connectivity index (χ4n) is 3.32. The Morgan fingerprint density at radius 1 is 1.07 bits per heavy atom. The van der Waals surface area contributed by atoms with E-state index in [1.54, 1.807) is 31.6 Å². The fourth-order valence-corrected chi connectivity index (χ4v) is 3.32. The highest BCUT2D eigenvalue weighted by Crippen LogP contribution is 2.31. The Hall–Kier alpha value is -3.80. The van der Waals surface area contributed by atoms with Crippen LogP contribution in [0.1, 0.15) is 17.5 Å². The lowest BCUT2D eigenvalue weighted by Gasteiger charge is -2.13. The zero-order valence-electron chi connectivity index (χ0n) is 16.7. The summed E-state index contributed by atoms with van der Waals surface area (Å²) in [5.41, 5.74) is 3.89. The molecule has 1 amide bonds. The van der Waals surface area contributed by atoms with Crippen molar-refractivity contribution >= 4 is 22.5 Å². The molecule has 6 nitrogen and oxygen atoms in total. The number of amides is 1. The maximum absolute atomic E-state index is 12.5. The molecule has 0 aliphatic carbocycles. The maximum atomic E-state index is 12.5. The van der Waals surface area contributed by atoms with Gasteiger partial charge < -0.3 is 19.8 Å². The van der Waals surface area contributed by atoms with Gasteiger partial charge in [-0.2, -0.15) is 0 Å². The maximum Gasteiger partial charge on any atom is 0.224 e. The van der Waals surface area contributed by atoms with E-state index >= 15 is 0 Å². The van der Waals surface area contributed by atoms with E-state index in [4.69, 9.17) is 9.47 Å². The van der Waals surface area contributed by atoms with Gasteiger partial charge >= 0.3 is 0 Å². The summed E-state index contributed by atoms with van der Waals surface area (Å²) in [7, 11) is 1.59. The number of aryl methyl sites for hydroxylation is 1. The van der Waals surface area contributed by atoms with E-state index < -0.39 is 0 Å². The summed E-state index contributed by atoms with van der Waals surface area (Å²) in [6, 6.07) is 17.3. The summed E-state index contributed by atoms with van der Waals surface area (Å²) in [6.45, 7) is 0.386.